The molecule has 0 amide bonds. The molecule has 1 saturated heterocycles. The van der Waals surface area contributed by atoms with E-state index in [0.717, 1.165) is 25.8 Å². The van der Waals surface area contributed by atoms with E-state index in [2.05, 4.69) is 21.8 Å². The van der Waals surface area contributed by atoms with Gasteiger partial charge in [-0.1, -0.05) is 19.8 Å². The number of rotatable bonds is 3. The van der Waals surface area contributed by atoms with Gasteiger partial charge in [0.1, 0.15) is 0 Å². The summed E-state index contributed by atoms with van der Waals surface area (Å²) in [5.74, 6) is -0.476. The first-order chi connectivity index (χ1) is 8.74. The molecule has 1 N–H and O–H groups in total. The number of nitrogens with zero attached hydrogens (tertiary/aromatic N) is 3. The Hall–Kier alpha value is -1.65. The summed E-state index contributed by atoms with van der Waals surface area (Å²) in [6, 6.07) is 0.377. The van der Waals surface area contributed by atoms with Crippen molar-refractivity contribution < 1.29 is 9.90 Å². The fourth-order valence-electron chi connectivity index (χ4n) is 2.57. The Labute approximate surface area is 107 Å². The van der Waals surface area contributed by atoms with E-state index in [1.54, 1.807) is 6.20 Å². The van der Waals surface area contributed by atoms with E-state index >= 15 is 0 Å². The summed E-state index contributed by atoms with van der Waals surface area (Å²) in [4.78, 5) is 21.5. The third-order valence-corrected chi connectivity index (χ3v) is 3.50. The number of aromatic carboxylic acids is 1. The number of carboxylic acid groups (broad SMARTS) is 1. The summed E-state index contributed by atoms with van der Waals surface area (Å²) < 4.78 is 0. The smallest absolute Gasteiger partial charge is 0.358 e. The molecule has 5 nitrogen and oxygen atoms in total. The largest absolute Gasteiger partial charge is 0.476 e. The summed E-state index contributed by atoms with van der Waals surface area (Å²) in [5, 5.41) is 9.20. The van der Waals surface area contributed by atoms with Gasteiger partial charge in [0.2, 0.25) is 0 Å². The van der Waals surface area contributed by atoms with Crippen LogP contribution in [0.5, 0.6) is 0 Å². The Balaban J connectivity index is 2.35. The van der Waals surface area contributed by atoms with Crippen LogP contribution in [0.4, 0.5) is 5.82 Å². The fourth-order valence-corrected chi connectivity index (χ4v) is 2.57. The molecule has 1 aromatic heterocycles. The van der Waals surface area contributed by atoms with E-state index in [-0.39, 0.29) is 5.69 Å². The van der Waals surface area contributed by atoms with Crippen molar-refractivity contribution in [1.82, 2.24) is 9.97 Å². The van der Waals surface area contributed by atoms with Gasteiger partial charge in [-0.3, -0.25) is 0 Å². The number of anilines is 1. The summed E-state index contributed by atoms with van der Waals surface area (Å²) in [7, 11) is 0. The van der Waals surface area contributed by atoms with Crippen molar-refractivity contribution in [2.24, 2.45) is 0 Å². The van der Waals surface area contributed by atoms with Crippen molar-refractivity contribution in [1.29, 1.82) is 0 Å². The average Bonchev–Trinajstić information content (AvgIpc) is 2.63. The van der Waals surface area contributed by atoms with Crippen LogP contribution < -0.4 is 4.90 Å². The highest BCUT2D eigenvalue weighted by atomic mass is 16.4. The summed E-state index contributed by atoms with van der Waals surface area (Å²) >= 11 is 0. The van der Waals surface area contributed by atoms with Gasteiger partial charge in [0.25, 0.3) is 0 Å². The van der Waals surface area contributed by atoms with Gasteiger partial charge in [-0.25, -0.2) is 14.8 Å². The van der Waals surface area contributed by atoms with Crippen LogP contribution in [0.2, 0.25) is 0 Å². The predicted octanol–water partition coefficient (Wildman–Crippen LogP) is 2.33. The molecule has 0 bridgehead atoms. The fraction of sp³-hybridized carbons (Fsp3) is 0.615. The number of carbonyl (C=O) groups is 1. The SMILES string of the molecule is CCC1CCCCCN1c1nccnc1C(=O)O. The van der Waals surface area contributed by atoms with E-state index in [1.165, 1.54) is 19.0 Å². The molecular formula is C13H19N3O2. The van der Waals surface area contributed by atoms with Crippen LogP contribution in [0.15, 0.2) is 12.4 Å². The van der Waals surface area contributed by atoms with Gasteiger partial charge < -0.3 is 10.0 Å². The second kappa shape index (κ2) is 5.80. The van der Waals surface area contributed by atoms with Gasteiger partial charge in [-0.05, 0) is 19.3 Å². The third kappa shape index (κ3) is 2.60. The third-order valence-electron chi connectivity index (χ3n) is 3.50. The van der Waals surface area contributed by atoms with E-state index in [1.807, 2.05) is 0 Å². The van der Waals surface area contributed by atoms with Crippen LogP contribution in [0.25, 0.3) is 0 Å². The Bertz CT molecular complexity index is 422. The van der Waals surface area contributed by atoms with Crippen molar-refractivity contribution in [3.8, 4) is 0 Å². The molecule has 2 heterocycles. The van der Waals surface area contributed by atoms with Crippen LogP contribution in [0, 0.1) is 0 Å². The minimum Gasteiger partial charge on any atom is -0.476 e. The molecule has 1 atom stereocenters. The predicted molar refractivity (Wildman–Crippen MR) is 68.9 cm³/mol. The van der Waals surface area contributed by atoms with Crippen LogP contribution in [0.1, 0.15) is 49.5 Å². The summed E-state index contributed by atoms with van der Waals surface area (Å²) in [6.07, 6.45) is 8.62. The lowest BCUT2D eigenvalue weighted by atomic mass is 10.1. The molecule has 2 rings (SSSR count). The first-order valence-corrected chi connectivity index (χ1v) is 6.55. The molecule has 0 spiro atoms. The molecule has 1 aliphatic rings. The second-order valence-electron chi connectivity index (χ2n) is 4.64. The molecule has 0 saturated carbocycles. The average molecular weight is 249 g/mol. The van der Waals surface area contributed by atoms with Gasteiger partial charge in [-0.15, -0.1) is 0 Å². The zero-order valence-corrected chi connectivity index (χ0v) is 10.7. The molecule has 0 aromatic carbocycles. The number of carboxylic acids is 1. The lowest BCUT2D eigenvalue weighted by Gasteiger charge is -2.30. The van der Waals surface area contributed by atoms with Gasteiger partial charge >= 0.3 is 5.97 Å². The number of hydrogen-bond donors (Lipinski definition) is 1. The van der Waals surface area contributed by atoms with Crippen LogP contribution in [-0.2, 0) is 0 Å². The Morgan fingerprint density at radius 3 is 2.89 bits per heavy atom. The summed E-state index contributed by atoms with van der Waals surface area (Å²) in [5.41, 5.74) is 0.0675. The van der Waals surface area contributed by atoms with E-state index in [0.29, 0.717) is 11.9 Å². The van der Waals surface area contributed by atoms with Crippen molar-refractivity contribution in [2.75, 3.05) is 11.4 Å². The lowest BCUT2D eigenvalue weighted by molar-refractivity contribution is 0.0690. The first-order valence-electron chi connectivity index (χ1n) is 6.55. The van der Waals surface area contributed by atoms with Gasteiger partial charge in [-0.2, -0.15) is 0 Å². The normalized spacial score (nSPS) is 20.5. The second-order valence-corrected chi connectivity index (χ2v) is 4.64. The molecule has 1 unspecified atom stereocenters. The quantitative estimate of drug-likeness (QED) is 0.890. The molecule has 0 aliphatic carbocycles. The van der Waals surface area contributed by atoms with E-state index in [9.17, 15) is 9.90 Å². The maximum Gasteiger partial charge on any atom is 0.358 e. The molecule has 98 valence electrons. The maximum atomic E-state index is 11.2. The van der Waals surface area contributed by atoms with Crippen molar-refractivity contribution in [3.63, 3.8) is 0 Å². The minimum atomic E-state index is -1.00. The number of aromatic nitrogens is 2. The van der Waals surface area contributed by atoms with Crippen molar-refractivity contribution in [2.45, 2.75) is 45.1 Å². The van der Waals surface area contributed by atoms with Crippen molar-refractivity contribution in [3.05, 3.63) is 18.1 Å². The topological polar surface area (TPSA) is 66.3 Å². The maximum absolute atomic E-state index is 11.2. The zero-order chi connectivity index (χ0) is 13.0. The van der Waals surface area contributed by atoms with Gasteiger partial charge in [0.05, 0.1) is 0 Å². The Kier molecular flexibility index (Phi) is 4.12. The van der Waals surface area contributed by atoms with Crippen LogP contribution in [0.3, 0.4) is 0 Å². The zero-order valence-electron chi connectivity index (χ0n) is 10.7. The monoisotopic (exact) mass is 249 g/mol. The molecular weight excluding hydrogens is 230 g/mol. The molecule has 1 aliphatic heterocycles. The van der Waals surface area contributed by atoms with Crippen molar-refractivity contribution >= 4 is 11.8 Å². The molecule has 1 aromatic rings. The molecule has 5 heteroatoms. The molecule has 0 radical (unpaired) electrons. The van der Waals surface area contributed by atoms with Gasteiger partial charge in [0.15, 0.2) is 11.5 Å². The number of hydrogen-bond acceptors (Lipinski definition) is 4. The lowest BCUT2D eigenvalue weighted by Crippen LogP contribution is -2.36. The summed E-state index contributed by atoms with van der Waals surface area (Å²) in [6.45, 7) is 3.01. The van der Waals surface area contributed by atoms with Gasteiger partial charge in [0, 0.05) is 25.0 Å². The Morgan fingerprint density at radius 1 is 1.39 bits per heavy atom. The highest BCUT2D eigenvalue weighted by molar-refractivity contribution is 5.91. The Morgan fingerprint density at radius 2 is 2.17 bits per heavy atom. The van der Waals surface area contributed by atoms with Crippen LogP contribution >= 0.6 is 0 Å². The van der Waals surface area contributed by atoms with E-state index < -0.39 is 5.97 Å². The van der Waals surface area contributed by atoms with Crippen LogP contribution in [-0.4, -0.2) is 33.6 Å². The minimum absolute atomic E-state index is 0.0675. The highest BCUT2D eigenvalue weighted by Crippen LogP contribution is 2.25. The first kappa shape index (κ1) is 12.8. The molecule has 1 fully saturated rings. The standard InChI is InChI=1S/C13H19N3O2/c1-2-10-6-4-3-5-9-16(10)12-11(13(17)18)14-7-8-15-12/h7-8,10H,2-6,9H2,1H3,(H,17,18). The molecule has 18 heavy (non-hydrogen) atoms. The highest BCUT2D eigenvalue weighted by Gasteiger charge is 2.25. The van der Waals surface area contributed by atoms with E-state index in [4.69, 9.17) is 0 Å².